The molecule has 0 amide bonds. The van der Waals surface area contributed by atoms with E-state index in [0.717, 1.165) is 5.69 Å². The van der Waals surface area contributed by atoms with Gasteiger partial charge in [0.1, 0.15) is 0 Å². The maximum absolute atomic E-state index is 9.74. The number of aromatic nitrogens is 3. The number of nitrogens with zero attached hydrogens (tertiary/aromatic N) is 3. The van der Waals surface area contributed by atoms with Gasteiger partial charge in [-0.15, -0.1) is 5.10 Å². The van der Waals surface area contributed by atoms with Crippen LogP contribution in [0.4, 0.5) is 0 Å². The minimum Gasteiger partial charge on any atom is -0.388 e. The molecule has 1 aromatic heterocycles. The minimum absolute atomic E-state index is 0.383. The van der Waals surface area contributed by atoms with Gasteiger partial charge in [-0.1, -0.05) is 12.1 Å². The molecule has 1 rings (SSSR count). The molecule has 0 fully saturated rings. The number of nitrogens with two attached hydrogens (primary N) is 1. The van der Waals surface area contributed by atoms with Crippen LogP contribution in [-0.2, 0) is 13.1 Å². The first-order chi connectivity index (χ1) is 6.07. The van der Waals surface area contributed by atoms with Gasteiger partial charge >= 0.3 is 0 Å². The molecule has 1 unspecified atom stereocenters. The highest BCUT2D eigenvalue weighted by atomic mass is 16.3. The fraction of sp³-hybridized carbons (Fsp3) is 0.750. The van der Waals surface area contributed by atoms with E-state index in [4.69, 9.17) is 5.73 Å². The van der Waals surface area contributed by atoms with Crippen LogP contribution in [0.5, 0.6) is 0 Å². The van der Waals surface area contributed by atoms with Crippen molar-refractivity contribution in [2.45, 2.75) is 39.0 Å². The van der Waals surface area contributed by atoms with Crippen molar-refractivity contribution in [3.63, 3.8) is 0 Å². The highest BCUT2D eigenvalue weighted by Gasteiger charge is 2.18. The van der Waals surface area contributed by atoms with Crippen LogP contribution in [0, 0.1) is 0 Å². The molecule has 0 aliphatic rings. The van der Waals surface area contributed by atoms with Gasteiger partial charge in [0, 0.05) is 12.7 Å². The summed E-state index contributed by atoms with van der Waals surface area (Å²) in [6, 6.07) is 0. The summed E-state index contributed by atoms with van der Waals surface area (Å²) in [5.74, 6) is 0. The number of rotatable bonds is 4. The van der Waals surface area contributed by atoms with E-state index in [9.17, 15) is 5.11 Å². The molecule has 0 aromatic carbocycles. The van der Waals surface area contributed by atoms with Gasteiger partial charge in [0.05, 0.1) is 17.8 Å². The van der Waals surface area contributed by atoms with Gasteiger partial charge in [0.2, 0.25) is 0 Å². The van der Waals surface area contributed by atoms with Crippen LogP contribution < -0.4 is 5.73 Å². The lowest BCUT2D eigenvalue weighted by Crippen LogP contribution is -2.29. The summed E-state index contributed by atoms with van der Waals surface area (Å²) in [5, 5.41) is 17.4. The molecule has 0 saturated carbocycles. The van der Waals surface area contributed by atoms with E-state index in [2.05, 4.69) is 10.3 Å². The van der Waals surface area contributed by atoms with E-state index < -0.39 is 5.60 Å². The standard InChI is InChI=1S/C8H16N4O/c1-3-8(2,13)6-12-5-7(4-9)10-11-12/h5,13H,3-4,6,9H2,1-2H3. The van der Waals surface area contributed by atoms with Crippen LogP contribution in [0.25, 0.3) is 0 Å². The molecule has 0 saturated heterocycles. The Balaban J connectivity index is 2.63. The van der Waals surface area contributed by atoms with Crippen molar-refractivity contribution in [2.75, 3.05) is 0 Å². The van der Waals surface area contributed by atoms with Crippen LogP contribution >= 0.6 is 0 Å². The molecule has 0 spiro atoms. The molecule has 0 aliphatic heterocycles. The highest BCUT2D eigenvalue weighted by Crippen LogP contribution is 2.10. The van der Waals surface area contributed by atoms with Crippen molar-refractivity contribution in [1.82, 2.24) is 15.0 Å². The zero-order valence-corrected chi connectivity index (χ0v) is 8.06. The van der Waals surface area contributed by atoms with Gasteiger partial charge in [-0.05, 0) is 13.3 Å². The normalized spacial score (nSPS) is 15.7. The Morgan fingerprint density at radius 2 is 2.38 bits per heavy atom. The number of hydrogen-bond donors (Lipinski definition) is 2. The van der Waals surface area contributed by atoms with E-state index in [1.165, 1.54) is 0 Å². The Kier molecular flexibility index (Phi) is 3.00. The molecule has 0 bridgehead atoms. The van der Waals surface area contributed by atoms with Gasteiger partial charge in [-0.3, -0.25) is 0 Å². The van der Waals surface area contributed by atoms with Crippen LogP contribution in [0.3, 0.4) is 0 Å². The minimum atomic E-state index is -0.723. The maximum Gasteiger partial charge on any atom is 0.0962 e. The Hall–Kier alpha value is -0.940. The lowest BCUT2D eigenvalue weighted by atomic mass is 10.0. The molecule has 13 heavy (non-hydrogen) atoms. The quantitative estimate of drug-likeness (QED) is 0.685. The second kappa shape index (κ2) is 3.85. The first-order valence-corrected chi connectivity index (χ1v) is 4.39. The molecular formula is C8H16N4O. The second-order valence-corrected chi connectivity index (χ2v) is 3.46. The zero-order chi connectivity index (χ0) is 9.90. The average Bonchev–Trinajstić information content (AvgIpc) is 2.52. The Morgan fingerprint density at radius 3 is 2.85 bits per heavy atom. The topological polar surface area (TPSA) is 77.0 Å². The molecule has 0 aliphatic carbocycles. The summed E-state index contributed by atoms with van der Waals surface area (Å²) in [5.41, 5.74) is 5.40. The molecule has 1 aromatic rings. The van der Waals surface area contributed by atoms with Crippen molar-refractivity contribution >= 4 is 0 Å². The van der Waals surface area contributed by atoms with E-state index >= 15 is 0 Å². The average molecular weight is 184 g/mol. The van der Waals surface area contributed by atoms with Crippen molar-refractivity contribution in [2.24, 2.45) is 5.73 Å². The Bertz CT molecular complexity index is 269. The van der Waals surface area contributed by atoms with Crippen molar-refractivity contribution < 1.29 is 5.11 Å². The van der Waals surface area contributed by atoms with Gasteiger partial charge in [-0.25, -0.2) is 4.68 Å². The van der Waals surface area contributed by atoms with E-state index in [1.54, 1.807) is 17.8 Å². The number of aliphatic hydroxyl groups is 1. The summed E-state index contributed by atoms with van der Waals surface area (Å²) in [6.45, 7) is 4.54. The second-order valence-electron chi connectivity index (χ2n) is 3.46. The summed E-state index contributed by atoms with van der Waals surface area (Å²) >= 11 is 0. The first-order valence-electron chi connectivity index (χ1n) is 4.39. The monoisotopic (exact) mass is 184 g/mol. The third-order valence-corrected chi connectivity index (χ3v) is 2.06. The highest BCUT2D eigenvalue weighted by molar-refractivity contribution is 4.91. The number of hydrogen-bond acceptors (Lipinski definition) is 4. The van der Waals surface area contributed by atoms with Gasteiger partial charge in [0.15, 0.2) is 0 Å². The summed E-state index contributed by atoms with van der Waals surface area (Å²) < 4.78 is 1.62. The third-order valence-electron chi connectivity index (χ3n) is 2.06. The van der Waals surface area contributed by atoms with Gasteiger partial charge < -0.3 is 10.8 Å². The van der Waals surface area contributed by atoms with E-state index in [-0.39, 0.29) is 0 Å². The Morgan fingerprint density at radius 1 is 1.69 bits per heavy atom. The molecular weight excluding hydrogens is 168 g/mol. The fourth-order valence-corrected chi connectivity index (χ4v) is 0.970. The predicted octanol–water partition coefficient (Wildman–Crippen LogP) is -0.102. The van der Waals surface area contributed by atoms with Crippen LogP contribution in [0.2, 0.25) is 0 Å². The fourth-order valence-electron chi connectivity index (χ4n) is 0.970. The molecule has 0 radical (unpaired) electrons. The smallest absolute Gasteiger partial charge is 0.0962 e. The molecule has 3 N–H and O–H groups in total. The molecule has 1 atom stereocenters. The lowest BCUT2D eigenvalue weighted by molar-refractivity contribution is 0.0339. The SMILES string of the molecule is CCC(C)(O)Cn1cc(CN)nn1. The third kappa shape index (κ3) is 2.78. The summed E-state index contributed by atoms with van der Waals surface area (Å²) in [6.07, 6.45) is 2.44. The van der Waals surface area contributed by atoms with Gasteiger partial charge in [0.25, 0.3) is 0 Å². The molecule has 1 heterocycles. The molecule has 74 valence electrons. The Labute approximate surface area is 77.6 Å². The van der Waals surface area contributed by atoms with Crippen LogP contribution in [-0.4, -0.2) is 25.7 Å². The van der Waals surface area contributed by atoms with Crippen LogP contribution in [0.15, 0.2) is 6.20 Å². The summed E-state index contributed by atoms with van der Waals surface area (Å²) in [4.78, 5) is 0. The van der Waals surface area contributed by atoms with Crippen LogP contribution in [0.1, 0.15) is 26.0 Å². The summed E-state index contributed by atoms with van der Waals surface area (Å²) in [7, 11) is 0. The molecule has 5 nitrogen and oxygen atoms in total. The largest absolute Gasteiger partial charge is 0.388 e. The van der Waals surface area contributed by atoms with E-state index in [1.807, 2.05) is 6.92 Å². The first kappa shape index (κ1) is 10.1. The van der Waals surface area contributed by atoms with Crippen molar-refractivity contribution in [3.8, 4) is 0 Å². The zero-order valence-electron chi connectivity index (χ0n) is 8.06. The predicted molar refractivity (Wildman–Crippen MR) is 48.8 cm³/mol. The van der Waals surface area contributed by atoms with Crippen molar-refractivity contribution in [3.05, 3.63) is 11.9 Å². The van der Waals surface area contributed by atoms with Gasteiger partial charge in [-0.2, -0.15) is 0 Å². The molecule has 5 heteroatoms. The maximum atomic E-state index is 9.74. The van der Waals surface area contributed by atoms with E-state index in [0.29, 0.717) is 19.5 Å². The lowest BCUT2D eigenvalue weighted by Gasteiger charge is -2.20. The van der Waals surface area contributed by atoms with Crippen molar-refractivity contribution in [1.29, 1.82) is 0 Å².